The van der Waals surface area contributed by atoms with Crippen LogP contribution in [0.4, 0.5) is 0 Å². The summed E-state index contributed by atoms with van der Waals surface area (Å²) in [5.74, 6) is 1.28. The Morgan fingerprint density at radius 1 is 1.22 bits per heavy atom. The standard InChI is InChI=1S/C16H25NO/c1-12(2)15(9-17-4)16(10-18-11-16)14-7-5-13(3)6-8-14/h5-8,12,15,17H,9-11H2,1-4H3. The smallest absolute Gasteiger partial charge is 0.0588 e. The van der Waals surface area contributed by atoms with Gasteiger partial charge in [0, 0.05) is 5.41 Å². The maximum Gasteiger partial charge on any atom is 0.0588 e. The molecule has 1 aromatic rings. The molecule has 2 heteroatoms. The van der Waals surface area contributed by atoms with E-state index >= 15 is 0 Å². The van der Waals surface area contributed by atoms with E-state index in [9.17, 15) is 0 Å². The largest absolute Gasteiger partial charge is 0.379 e. The van der Waals surface area contributed by atoms with E-state index in [1.165, 1.54) is 11.1 Å². The van der Waals surface area contributed by atoms with E-state index in [1.54, 1.807) is 0 Å². The number of benzene rings is 1. The van der Waals surface area contributed by atoms with E-state index in [1.807, 2.05) is 7.05 Å². The lowest BCUT2D eigenvalue weighted by Gasteiger charge is -2.49. The quantitative estimate of drug-likeness (QED) is 0.864. The second-order valence-corrected chi connectivity index (χ2v) is 5.92. The number of rotatable bonds is 5. The van der Waals surface area contributed by atoms with E-state index < -0.39 is 0 Å². The highest BCUT2D eigenvalue weighted by atomic mass is 16.5. The van der Waals surface area contributed by atoms with Gasteiger partial charge in [-0.05, 0) is 37.9 Å². The summed E-state index contributed by atoms with van der Waals surface area (Å²) in [5, 5.41) is 3.35. The van der Waals surface area contributed by atoms with Gasteiger partial charge in [0.05, 0.1) is 13.2 Å². The third kappa shape index (κ3) is 2.32. The van der Waals surface area contributed by atoms with Crippen LogP contribution in [0.1, 0.15) is 25.0 Å². The molecule has 100 valence electrons. The van der Waals surface area contributed by atoms with Crippen LogP contribution in [0.15, 0.2) is 24.3 Å². The van der Waals surface area contributed by atoms with Crippen LogP contribution in [-0.4, -0.2) is 26.8 Å². The molecule has 0 saturated carbocycles. The third-order valence-corrected chi connectivity index (χ3v) is 4.28. The molecule has 1 unspecified atom stereocenters. The summed E-state index contributed by atoms with van der Waals surface area (Å²) in [7, 11) is 2.04. The summed E-state index contributed by atoms with van der Waals surface area (Å²) in [6, 6.07) is 8.99. The maximum absolute atomic E-state index is 5.57. The predicted molar refractivity (Wildman–Crippen MR) is 75.9 cm³/mol. The molecule has 0 spiro atoms. The second kappa shape index (κ2) is 5.41. The minimum Gasteiger partial charge on any atom is -0.379 e. The van der Waals surface area contributed by atoms with Crippen molar-refractivity contribution in [1.82, 2.24) is 5.32 Å². The number of hydrogen-bond donors (Lipinski definition) is 1. The minimum absolute atomic E-state index is 0.213. The first kappa shape index (κ1) is 13.6. The number of hydrogen-bond acceptors (Lipinski definition) is 2. The van der Waals surface area contributed by atoms with Gasteiger partial charge in [0.15, 0.2) is 0 Å². The molecule has 18 heavy (non-hydrogen) atoms. The molecule has 0 aliphatic carbocycles. The van der Waals surface area contributed by atoms with Crippen LogP contribution in [0.5, 0.6) is 0 Å². The van der Waals surface area contributed by atoms with Gasteiger partial charge in [0.25, 0.3) is 0 Å². The number of aryl methyl sites for hydroxylation is 1. The van der Waals surface area contributed by atoms with E-state index in [0.29, 0.717) is 11.8 Å². The molecule has 0 radical (unpaired) electrons. The van der Waals surface area contributed by atoms with Gasteiger partial charge in [0.2, 0.25) is 0 Å². The molecule has 1 N–H and O–H groups in total. The van der Waals surface area contributed by atoms with Crippen molar-refractivity contribution in [2.75, 3.05) is 26.8 Å². The average molecular weight is 247 g/mol. The van der Waals surface area contributed by atoms with E-state index in [2.05, 4.69) is 50.4 Å². The first-order valence-electron chi connectivity index (χ1n) is 6.89. The lowest BCUT2D eigenvalue weighted by atomic mass is 9.64. The summed E-state index contributed by atoms with van der Waals surface area (Å²) < 4.78 is 5.57. The first-order valence-corrected chi connectivity index (χ1v) is 6.89. The maximum atomic E-state index is 5.57. The van der Waals surface area contributed by atoms with E-state index in [4.69, 9.17) is 4.74 Å². The first-order chi connectivity index (χ1) is 8.60. The monoisotopic (exact) mass is 247 g/mol. The second-order valence-electron chi connectivity index (χ2n) is 5.92. The van der Waals surface area contributed by atoms with Crippen molar-refractivity contribution < 1.29 is 4.74 Å². The zero-order valence-electron chi connectivity index (χ0n) is 12.0. The highest BCUT2D eigenvalue weighted by molar-refractivity contribution is 5.32. The van der Waals surface area contributed by atoms with Crippen LogP contribution in [0.25, 0.3) is 0 Å². The fourth-order valence-electron chi connectivity index (χ4n) is 3.09. The molecule has 1 saturated heterocycles. The van der Waals surface area contributed by atoms with Crippen molar-refractivity contribution in [3.05, 3.63) is 35.4 Å². The summed E-state index contributed by atoms with van der Waals surface area (Å²) in [4.78, 5) is 0. The lowest BCUT2D eigenvalue weighted by molar-refractivity contribution is -0.0995. The number of nitrogens with one attached hydrogen (secondary N) is 1. The third-order valence-electron chi connectivity index (χ3n) is 4.28. The van der Waals surface area contributed by atoms with Crippen LogP contribution >= 0.6 is 0 Å². The zero-order chi connectivity index (χ0) is 13.2. The van der Waals surface area contributed by atoms with Crippen molar-refractivity contribution in [3.63, 3.8) is 0 Å². The Morgan fingerprint density at radius 2 is 1.83 bits per heavy atom. The van der Waals surface area contributed by atoms with Crippen molar-refractivity contribution in [2.24, 2.45) is 11.8 Å². The highest BCUT2D eigenvalue weighted by Crippen LogP contribution is 2.42. The fraction of sp³-hybridized carbons (Fsp3) is 0.625. The predicted octanol–water partition coefficient (Wildman–Crippen LogP) is 2.75. The molecular weight excluding hydrogens is 222 g/mol. The summed E-state index contributed by atoms with van der Waals surface area (Å²) >= 11 is 0. The molecular formula is C16H25NO. The van der Waals surface area contributed by atoms with Gasteiger partial charge in [-0.15, -0.1) is 0 Å². The highest BCUT2D eigenvalue weighted by Gasteiger charge is 2.47. The van der Waals surface area contributed by atoms with Gasteiger partial charge in [-0.3, -0.25) is 0 Å². The normalized spacial score (nSPS) is 19.6. The SMILES string of the molecule is CNCC(C(C)C)C1(c2ccc(C)cc2)COC1. The molecule has 1 fully saturated rings. The molecule has 1 atom stereocenters. The Kier molecular flexibility index (Phi) is 4.08. The summed E-state index contributed by atoms with van der Waals surface area (Å²) in [6.45, 7) is 9.55. The Bertz CT molecular complexity index is 379. The van der Waals surface area contributed by atoms with Crippen LogP contribution < -0.4 is 5.32 Å². The van der Waals surface area contributed by atoms with Gasteiger partial charge in [-0.1, -0.05) is 43.7 Å². The van der Waals surface area contributed by atoms with E-state index in [0.717, 1.165) is 19.8 Å². The van der Waals surface area contributed by atoms with Gasteiger partial charge in [-0.2, -0.15) is 0 Å². The molecule has 0 bridgehead atoms. The molecule has 1 aliphatic heterocycles. The van der Waals surface area contributed by atoms with Crippen LogP contribution in [-0.2, 0) is 10.2 Å². The topological polar surface area (TPSA) is 21.3 Å². The van der Waals surface area contributed by atoms with Crippen LogP contribution in [0.2, 0.25) is 0 Å². The molecule has 1 aromatic carbocycles. The molecule has 1 aliphatic rings. The molecule has 2 rings (SSSR count). The molecule has 2 nitrogen and oxygen atoms in total. The van der Waals surface area contributed by atoms with Gasteiger partial charge < -0.3 is 10.1 Å². The Morgan fingerprint density at radius 3 is 2.22 bits per heavy atom. The molecule has 1 heterocycles. The Balaban J connectivity index is 2.31. The number of ether oxygens (including phenoxy) is 1. The van der Waals surface area contributed by atoms with Crippen LogP contribution in [0.3, 0.4) is 0 Å². The summed E-state index contributed by atoms with van der Waals surface area (Å²) in [6.07, 6.45) is 0. The van der Waals surface area contributed by atoms with Gasteiger partial charge in [0.1, 0.15) is 0 Å². The minimum atomic E-state index is 0.213. The zero-order valence-corrected chi connectivity index (χ0v) is 12.0. The van der Waals surface area contributed by atoms with Crippen molar-refractivity contribution in [3.8, 4) is 0 Å². The van der Waals surface area contributed by atoms with Gasteiger partial charge >= 0.3 is 0 Å². The molecule has 0 aromatic heterocycles. The summed E-state index contributed by atoms with van der Waals surface area (Å²) in [5.41, 5.74) is 2.97. The molecule has 0 amide bonds. The van der Waals surface area contributed by atoms with Gasteiger partial charge in [-0.25, -0.2) is 0 Å². The van der Waals surface area contributed by atoms with Crippen LogP contribution in [0, 0.1) is 18.8 Å². The average Bonchev–Trinajstić information content (AvgIpc) is 2.28. The van der Waals surface area contributed by atoms with E-state index in [-0.39, 0.29) is 5.41 Å². The fourth-order valence-corrected chi connectivity index (χ4v) is 3.09. The lowest BCUT2D eigenvalue weighted by Crippen LogP contribution is -2.56. The Hall–Kier alpha value is -0.860. The van der Waals surface area contributed by atoms with Crippen molar-refractivity contribution in [1.29, 1.82) is 0 Å². The Labute approximate surface area is 111 Å². The van der Waals surface area contributed by atoms with Crippen molar-refractivity contribution in [2.45, 2.75) is 26.2 Å². The van der Waals surface area contributed by atoms with Crippen molar-refractivity contribution >= 4 is 0 Å².